The molecule has 3 nitrogen and oxygen atoms in total. The average Bonchev–Trinajstić information content (AvgIpc) is 2.52. The van der Waals surface area contributed by atoms with Crippen molar-refractivity contribution in [2.75, 3.05) is 0 Å². The molecule has 0 bridgehead atoms. The van der Waals surface area contributed by atoms with Crippen LogP contribution in [0.2, 0.25) is 0 Å². The lowest BCUT2D eigenvalue weighted by molar-refractivity contribution is 0.107. The third-order valence-electron chi connectivity index (χ3n) is 3.67. The predicted octanol–water partition coefficient (Wildman–Crippen LogP) is 4.32. The summed E-state index contributed by atoms with van der Waals surface area (Å²) < 4.78 is 0. The van der Waals surface area contributed by atoms with E-state index in [4.69, 9.17) is 11.6 Å². The number of benzene rings is 3. The fourth-order valence-corrected chi connectivity index (χ4v) is 2.86. The summed E-state index contributed by atoms with van der Waals surface area (Å²) in [5, 5.41) is 4.38. The SMILES string of the molecule is O=C(Cl)c1ncnc2ccc3cc4ccccc4cc3c12. The molecule has 0 unspecified atom stereocenters. The number of hydrogen-bond donors (Lipinski definition) is 0. The summed E-state index contributed by atoms with van der Waals surface area (Å²) in [6.45, 7) is 0. The summed E-state index contributed by atoms with van der Waals surface area (Å²) in [5.41, 5.74) is 0.972. The number of nitrogens with zero attached hydrogens (tertiary/aromatic N) is 2. The molecule has 3 aromatic carbocycles. The molecule has 0 radical (unpaired) electrons. The lowest BCUT2D eigenvalue weighted by Gasteiger charge is -2.07. The Labute approximate surface area is 125 Å². The Morgan fingerprint density at radius 1 is 0.905 bits per heavy atom. The molecule has 4 rings (SSSR count). The van der Waals surface area contributed by atoms with Gasteiger partial charge >= 0.3 is 0 Å². The Morgan fingerprint density at radius 3 is 2.43 bits per heavy atom. The van der Waals surface area contributed by atoms with E-state index in [2.05, 4.69) is 28.2 Å². The number of aromatic nitrogens is 2. The molecular weight excluding hydrogens is 284 g/mol. The zero-order chi connectivity index (χ0) is 14.4. The van der Waals surface area contributed by atoms with Crippen molar-refractivity contribution in [3.8, 4) is 0 Å². The van der Waals surface area contributed by atoms with Crippen LogP contribution in [0.4, 0.5) is 0 Å². The van der Waals surface area contributed by atoms with Crippen LogP contribution in [0.1, 0.15) is 10.5 Å². The Balaban J connectivity index is 2.26. The van der Waals surface area contributed by atoms with Crippen LogP contribution < -0.4 is 0 Å². The maximum atomic E-state index is 11.6. The van der Waals surface area contributed by atoms with Crippen molar-refractivity contribution >= 4 is 49.3 Å². The minimum absolute atomic E-state index is 0.252. The van der Waals surface area contributed by atoms with E-state index < -0.39 is 5.24 Å². The maximum absolute atomic E-state index is 11.6. The summed E-state index contributed by atoms with van der Waals surface area (Å²) in [4.78, 5) is 19.9. The van der Waals surface area contributed by atoms with E-state index in [1.807, 2.05) is 30.3 Å². The molecule has 0 saturated carbocycles. The van der Waals surface area contributed by atoms with Gasteiger partial charge in [0.25, 0.3) is 5.24 Å². The molecule has 0 aliphatic carbocycles. The second kappa shape index (κ2) is 4.50. The van der Waals surface area contributed by atoms with Crippen LogP contribution in [0.5, 0.6) is 0 Å². The molecule has 4 heteroatoms. The Kier molecular flexibility index (Phi) is 2.62. The number of halogens is 1. The third-order valence-corrected chi connectivity index (χ3v) is 3.85. The summed E-state index contributed by atoms with van der Waals surface area (Å²) in [7, 11) is 0. The van der Waals surface area contributed by atoms with Gasteiger partial charge in [0.1, 0.15) is 12.0 Å². The van der Waals surface area contributed by atoms with Crippen LogP contribution in [-0.2, 0) is 0 Å². The third kappa shape index (κ3) is 1.86. The topological polar surface area (TPSA) is 42.9 Å². The Bertz CT molecular complexity index is 1030. The summed E-state index contributed by atoms with van der Waals surface area (Å²) in [6.07, 6.45) is 1.37. The Morgan fingerprint density at radius 2 is 1.67 bits per heavy atom. The summed E-state index contributed by atoms with van der Waals surface area (Å²) in [5.74, 6) is 0. The second-order valence-corrected chi connectivity index (χ2v) is 5.22. The van der Waals surface area contributed by atoms with Gasteiger partial charge < -0.3 is 0 Å². The van der Waals surface area contributed by atoms with Crippen molar-refractivity contribution in [3.63, 3.8) is 0 Å². The van der Waals surface area contributed by atoms with E-state index in [1.54, 1.807) is 0 Å². The molecule has 21 heavy (non-hydrogen) atoms. The highest BCUT2D eigenvalue weighted by Gasteiger charge is 2.13. The van der Waals surface area contributed by atoms with Gasteiger partial charge in [0.15, 0.2) is 0 Å². The average molecular weight is 293 g/mol. The molecule has 0 amide bonds. The van der Waals surface area contributed by atoms with Crippen LogP contribution in [0.3, 0.4) is 0 Å². The van der Waals surface area contributed by atoms with Crippen LogP contribution in [0, 0.1) is 0 Å². The highest BCUT2D eigenvalue weighted by atomic mass is 35.5. The highest BCUT2D eigenvalue weighted by molar-refractivity contribution is 6.68. The van der Waals surface area contributed by atoms with Gasteiger partial charge in [0.05, 0.1) is 5.52 Å². The van der Waals surface area contributed by atoms with Crippen molar-refractivity contribution in [1.82, 2.24) is 9.97 Å². The number of rotatable bonds is 1. The van der Waals surface area contributed by atoms with E-state index in [0.717, 1.165) is 27.1 Å². The van der Waals surface area contributed by atoms with E-state index >= 15 is 0 Å². The molecule has 0 saturated heterocycles. The lowest BCUT2D eigenvalue weighted by atomic mass is 9.99. The van der Waals surface area contributed by atoms with Crippen LogP contribution in [0.15, 0.2) is 54.9 Å². The van der Waals surface area contributed by atoms with E-state index in [-0.39, 0.29) is 5.69 Å². The zero-order valence-corrected chi connectivity index (χ0v) is 11.6. The van der Waals surface area contributed by atoms with Crippen molar-refractivity contribution < 1.29 is 4.79 Å². The normalized spacial score (nSPS) is 11.3. The van der Waals surface area contributed by atoms with Gasteiger partial charge in [-0.05, 0) is 51.3 Å². The van der Waals surface area contributed by atoms with Gasteiger partial charge in [0.2, 0.25) is 0 Å². The first kappa shape index (κ1) is 12.2. The van der Waals surface area contributed by atoms with E-state index in [1.165, 1.54) is 6.33 Å². The van der Waals surface area contributed by atoms with Gasteiger partial charge in [-0.25, -0.2) is 9.97 Å². The van der Waals surface area contributed by atoms with Crippen LogP contribution >= 0.6 is 11.6 Å². The monoisotopic (exact) mass is 292 g/mol. The molecule has 1 aromatic heterocycles. The zero-order valence-electron chi connectivity index (χ0n) is 10.9. The van der Waals surface area contributed by atoms with E-state index in [9.17, 15) is 4.79 Å². The van der Waals surface area contributed by atoms with E-state index in [0.29, 0.717) is 5.39 Å². The number of hydrogen-bond acceptors (Lipinski definition) is 3. The fourth-order valence-electron chi connectivity index (χ4n) is 2.72. The molecule has 0 fully saturated rings. The fraction of sp³-hybridized carbons (Fsp3) is 0. The van der Waals surface area contributed by atoms with Gasteiger partial charge in [-0.3, -0.25) is 4.79 Å². The van der Waals surface area contributed by atoms with Gasteiger partial charge in [-0.15, -0.1) is 0 Å². The summed E-state index contributed by atoms with van der Waals surface area (Å²) >= 11 is 5.67. The van der Waals surface area contributed by atoms with Crippen molar-refractivity contribution in [1.29, 1.82) is 0 Å². The first-order valence-electron chi connectivity index (χ1n) is 6.50. The summed E-state index contributed by atoms with van der Waals surface area (Å²) in [6, 6.07) is 16.1. The molecular formula is C17H9ClN2O. The number of fused-ring (bicyclic) bond motifs is 4. The molecule has 100 valence electrons. The molecule has 1 heterocycles. The maximum Gasteiger partial charge on any atom is 0.271 e. The molecule has 4 aromatic rings. The quantitative estimate of drug-likeness (QED) is 0.298. The van der Waals surface area contributed by atoms with Gasteiger partial charge in [-0.2, -0.15) is 0 Å². The standard InChI is InChI=1S/C17H9ClN2O/c18-17(21)16-15-13-8-11-4-2-1-3-10(11)7-12(13)5-6-14(15)19-9-20-16/h1-9H. The molecule has 0 N–H and O–H groups in total. The first-order chi connectivity index (χ1) is 10.2. The van der Waals surface area contributed by atoms with Crippen LogP contribution in [-0.4, -0.2) is 15.2 Å². The molecule has 0 atom stereocenters. The largest absolute Gasteiger partial charge is 0.274 e. The van der Waals surface area contributed by atoms with Gasteiger partial charge in [0, 0.05) is 5.39 Å². The van der Waals surface area contributed by atoms with Gasteiger partial charge in [-0.1, -0.05) is 30.3 Å². The first-order valence-corrected chi connectivity index (χ1v) is 6.88. The van der Waals surface area contributed by atoms with Crippen LogP contribution in [0.25, 0.3) is 32.4 Å². The lowest BCUT2D eigenvalue weighted by Crippen LogP contribution is -1.97. The minimum atomic E-state index is -0.567. The van der Waals surface area contributed by atoms with Crippen molar-refractivity contribution in [2.24, 2.45) is 0 Å². The molecule has 0 spiro atoms. The molecule has 0 aliphatic heterocycles. The highest BCUT2D eigenvalue weighted by Crippen LogP contribution is 2.30. The second-order valence-electron chi connectivity index (χ2n) is 4.88. The Hall–Kier alpha value is -2.52. The predicted molar refractivity (Wildman–Crippen MR) is 84.7 cm³/mol. The van der Waals surface area contributed by atoms with Crippen molar-refractivity contribution in [3.05, 3.63) is 60.6 Å². The number of carbonyl (C=O) groups is 1. The number of carbonyl (C=O) groups excluding carboxylic acids is 1. The molecule has 0 aliphatic rings. The van der Waals surface area contributed by atoms with Crippen molar-refractivity contribution in [2.45, 2.75) is 0 Å². The smallest absolute Gasteiger partial charge is 0.271 e. The minimum Gasteiger partial charge on any atom is -0.274 e.